The zero-order valence-corrected chi connectivity index (χ0v) is 2.14. The molecule has 0 heterocycles. The van der Waals surface area contributed by atoms with Gasteiger partial charge < -0.3 is 9.90 Å². The van der Waals surface area contributed by atoms with E-state index in [4.69, 9.17) is 9.90 Å². The fourth-order valence-corrected chi connectivity index (χ4v) is 0. The monoisotopic (exact) mass is 84.0 g/mol. The van der Waals surface area contributed by atoms with Crippen LogP contribution < -0.4 is 0 Å². The predicted molar refractivity (Wildman–Crippen MR) is 20.3 cm³/mol. The molecule has 0 unspecified atom stereocenters. The molecule has 0 bridgehead atoms. The number of aldehydes is 1. The maximum atomic E-state index is 8.92. The molecule has 0 aromatic carbocycles. The van der Waals surface area contributed by atoms with Crippen LogP contribution in [0.4, 0.5) is 0 Å². The van der Waals surface area contributed by atoms with E-state index >= 15 is 0 Å². The fourth-order valence-electron chi connectivity index (χ4n) is 0. The van der Waals surface area contributed by atoms with Gasteiger partial charge in [-0.3, -0.25) is 0 Å². The molecule has 26 valence electrons. The van der Waals surface area contributed by atoms with E-state index < -0.39 is 0 Å². The Morgan fingerprint density at radius 2 is 2.00 bits per heavy atom. The number of aliphatic hydroxyl groups excluding tert-OH is 1. The molecule has 0 rings (SSSR count). The molecule has 5 heavy (non-hydrogen) atoms. The number of rotatable bonds is 1. The van der Waals surface area contributed by atoms with E-state index in [0.29, 0.717) is 6.29 Å². The summed E-state index contributed by atoms with van der Waals surface area (Å²) in [7, 11) is 0. The van der Waals surface area contributed by atoms with Gasteiger partial charge in [0.25, 0.3) is 0 Å². The van der Waals surface area contributed by atoms with Crippen LogP contribution >= 0.6 is 0 Å². The molecular weight excluding hydrogens is 79.0 g/mol. The van der Waals surface area contributed by atoms with Crippen molar-refractivity contribution in [2.75, 3.05) is 6.61 Å². The van der Waals surface area contributed by atoms with Gasteiger partial charge in [-0.15, -0.1) is 0 Å². The topological polar surface area (TPSA) is 37.3 Å². The van der Waals surface area contributed by atoms with E-state index in [1.165, 1.54) is 0 Å². The SMILES string of the molecule is O=CCO.[NaH]. The van der Waals surface area contributed by atoms with E-state index in [1.807, 2.05) is 0 Å². The van der Waals surface area contributed by atoms with E-state index in [2.05, 4.69) is 0 Å². The Bertz CT molecular complexity index is 21.6. The minimum atomic E-state index is -0.361. The fraction of sp³-hybridized carbons (Fsp3) is 0.500. The van der Waals surface area contributed by atoms with Crippen LogP contribution in [-0.4, -0.2) is 47.6 Å². The molecule has 0 atom stereocenters. The second kappa shape index (κ2) is 8.82. The molecule has 0 aliphatic heterocycles. The third kappa shape index (κ3) is 12.1. The van der Waals surface area contributed by atoms with Crippen molar-refractivity contribution in [2.45, 2.75) is 0 Å². The van der Waals surface area contributed by atoms with Gasteiger partial charge >= 0.3 is 29.6 Å². The summed E-state index contributed by atoms with van der Waals surface area (Å²) in [6.45, 7) is -0.361. The van der Waals surface area contributed by atoms with Crippen molar-refractivity contribution in [3.05, 3.63) is 0 Å². The van der Waals surface area contributed by atoms with E-state index in [0.717, 1.165) is 0 Å². The summed E-state index contributed by atoms with van der Waals surface area (Å²) >= 11 is 0. The standard InChI is InChI=1S/C2H4O2.Na.H/c3-1-2-4;;/h1,4H,2H2;;. The van der Waals surface area contributed by atoms with Crippen LogP contribution in [0.15, 0.2) is 0 Å². The second-order valence-electron chi connectivity index (χ2n) is 0.349. The van der Waals surface area contributed by atoms with Gasteiger partial charge in [-0.25, -0.2) is 0 Å². The van der Waals surface area contributed by atoms with Crippen LogP contribution in [0, 0.1) is 0 Å². The van der Waals surface area contributed by atoms with Crippen molar-refractivity contribution >= 4 is 35.8 Å². The average molecular weight is 84.0 g/mol. The van der Waals surface area contributed by atoms with Crippen LogP contribution in [0.3, 0.4) is 0 Å². The first kappa shape index (κ1) is 9.16. The molecule has 0 aromatic heterocycles. The third-order valence-corrected chi connectivity index (χ3v) is 0.0745. The Kier molecular flexibility index (Phi) is 16.2. The Morgan fingerprint density at radius 3 is 2.00 bits per heavy atom. The van der Waals surface area contributed by atoms with Gasteiger partial charge in [-0.1, -0.05) is 0 Å². The quantitative estimate of drug-likeness (QED) is 0.311. The number of hydrogen-bond donors (Lipinski definition) is 1. The first-order chi connectivity index (χ1) is 1.91. The average Bonchev–Trinajstić information content (AvgIpc) is 1.37. The number of aliphatic hydroxyl groups is 1. The summed E-state index contributed by atoms with van der Waals surface area (Å²) in [4.78, 5) is 8.92. The number of hydrogen-bond acceptors (Lipinski definition) is 2. The van der Waals surface area contributed by atoms with Gasteiger partial charge in [0.2, 0.25) is 0 Å². The van der Waals surface area contributed by atoms with Gasteiger partial charge in [0, 0.05) is 0 Å². The van der Waals surface area contributed by atoms with Crippen LogP contribution in [0.1, 0.15) is 0 Å². The summed E-state index contributed by atoms with van der Waals surface area (Å²) in [5, 5.41) is 7.51. The molecule has 0 aromatic rings. The zero-order chi connectivity index (χ0) is 3.41. The van der Waals surface area contributed by atoms with Gasteiger partial charge in [-0.05, 0) is 0 Å². The van der Waals surface area contributed by atoms with Crippen LogP contribution in [0.25, 0.3) is 0 Å². The minimum absolute atomic E-state index is 0. The molecule has 0 saturated heterocycles. The van der Waals surface area contributed by atoms with E-state index in [1.54, 1.807) is 0 Å². The molecule has 0 fully saturated rings. The van der Waals surface area contributed by atoms with Crippen molar-refractivity contribution in [1.82, 2.24) is 0 Å². The van der Waals surface area contributed by atoms with Gasteiger partial charge in [0.15, 0.2) is 0 Å². The normalized spacial score (nSPS) is 5.00. The van der Waals surface area contributed by atoms with Crippen LogP contribution in [0.5, 0.6) is 0 Å². The summed E-state index contributed by atoms with van der Waals surface area (Å²) in [5.74, 6) is 0. The van der Waals surface area contributed by atoms with E-state index in [-0.39, 0.29) is 36.2 Å². The number of carbonyl (C=O) groups excluding carboxylic acids is 1. The third-order valence-electron chi connectivity index (χ3n) is 0.0745. The number of carbonyl (C=O) groups is 1. The first-order valence-corrected chi connectivity index (χ1v) is 0.960. The molecule has 3 heteroatoms. The molecule has 0 amide bonds. The Balaban J connectivity index is 0. The van der Waals surface area contributed by atoms with Crippen molar-refractivity contribution in [1.29, 1.82) is 0 Å². The summed E-state index contributed by atoms with van der Waals surface area (Å²) in [5.41, 5.74) is 0. The van der Waals surface area contributed by atoms with Crippen LogP contribution in [0.2, 0.25) is 0 Å². The van der Waals surface area contributed by atoms with Gasteiger partial charge in [0.05, 0.1) is 6.61 Å². The molecule has 0 saturated carbocycles. The van der Waals surface area contributed by atoms with Gasteiger partial charge in [0.1, 0.15) is 6.29 Å². The zero-order valence-electron chi connectivity index (χ0n) is 2.14. The van der Waals surface area contributed by atoms with Gasteiger partial charge in [-0.2, -0.15) is 0 Å². The summed E-state index contributed by atoms with van der Waals surface area (Å²) in [6, 6.07) is 0. The molecule has 0 aliphatic rings. The van der Waals surface area contributed by atoms with Crippen molar-refractivity contribution in [3.8, 4) is 0 Å². The second-order valence-corrected chi connectivity index (χ2v) is 0.349. The summed E-state index contributed by atoms with van der Waals surface area (Å²) < 4.78 is 0. The molecular formula is C2H5NaO2. The van der Waals surface area contributed by atoms with Crippen molar-refractivity contribution < 1.29 is 9.90 Å². The first-order valence-electron chi connectivity index (χ1n) is 0.960. The maximum absolute atomic E-state index is 8.92. The van der Waals surface area contributed by atoms with E-state index in [9.17, 15) is 0 Å². The predicted octanol–water partition coefficient (Wildman–Crippen LogP) is -1.47. The Morgan fingerprint density at radius 1 is 1.80 bits per heavy atom. The summed E-state index contributed by atoms with van der Waals surface area (Å²) in [6.07, 6.45) is 0.431. The van der Waals surface area contributed by atoms with Crippen LogP contribution in [-0.2, 0) is 4.79 Å². The van der Waals surface area contributed by atoms with Crippen molar-refractivity contribution in [3.63, 3.8) is 0 Å². The molecule has 0 aliphatic carbocycles. The molecule has 1 N–H and O–H groups in total. The molecule has 0 spiro atoms. The van der Waals surface area contributed by atoms with Crippen molar-refractivity contribution in [2.24, 2.45) is 0 Å². The Hall–Kier alpha value is 0.630. The Labute approximate surface area is 52.5 Å². The molecule has 0 radical (unpaired) electrons. The molecule has 2 nitrogen and oxygen atoms in total.